The van der Waals surface area contributed by atoms with E-state index in [9.17, 15) is 4.79 Å². The van der Waals surface area contributed by atoms with Crippen molar-refractivity contribution < 1.29 is 37.4 Å². The van der Waals surface area contributed by atoms with E-state index < -0.39 is 12.1 Å². The summed E-state index contributed by atoms with van der Waals surface area (Å²) in [6.07, 6.45) is -0.574. The number of rotatable bonds is 1. The van der Waals surface area contributed by atoms with Gasteiger partial charge in [0.25, 0.3) is 0 Å². The summed E-state index contributed by atoms with van der Waals surface area (Å²) in [6.45, 7) is 1.11. The van der Waals surface area contributed by atoms with Crippen molar-refractivity contribution in [1.29, 1.82) is 0 Å². The SMILES string of the molecule is C[C-](O)C(=O)O.[Au+]. The maximum atomic E-state index is 9.41. The van der Waals surface area contributed by atoms with Crippen LogP contribution in [0, 0.1) is 6.10 Å². The van der Waals surface area contributed by atoms with Crippen molar-refractivity contribution in [3.05, 3.63) is 6.10 Å². The molecule has 0 spiro atoms. The molecule has 0 aliphatic heterocycles. The van der Waals surface area contributed by atoms with Crippen molar-refractivity contribution in [2.24, 2.45) is 0 Å². The molecule has 0 radical (unpaired) electrons. The standard InChI is InChI=1S/C3H5O3.Au/c1-2(4)3(5)6;/h4H,1H3,(H,5,6);/q-1;+1. The van der Waals surface area contributed by atoms with Crippen LogP contribution in [0.15, 0.2) is 0 Å². The molecule has 0 aromatic carbocycles. The van der Waals surface area contributed by atoms with Crippen LogP contribution in [0.2, 0.25) is 0 Å². The van der Waals surface area contributed by atoms with Gasteiger partial charge in [-0.05, 0) is 0 Å². The molecule has 4 heteroatoms. The number of hydrogen-bond acceptors (Lipinski definition) is 2. The quantitative estimate of drug-likeness (QED) is 0.526. The van der Waals surface area contributed by atoms with Crippen molar-refractivity contribution in [2.75, 3.05) is 0 Å². The van der Waals surface area contributed by atoms with Crippen LogP contribution in [-0.2, 0) is 27.2 Å². The van der Waals surface area contributed by atoms with E-state index in [1.807, 2.05) is 0 Å². The van der Waals surface area contributed by atoms with E-state index >= 15 is 0 Å². The molecule has 0 amide bonds. The molecule has 0 aromatic rings. The Balaban J connectivity index is 0. The van der Waals surface area contributed by atoms with Gasteiger partial charge in [-0.3, -0.25) is 4.79 Å². The van der Waals surface area contributed by atoms with Crippen molar-refractivity contribution in [3.8, 4) is 0 Å². The molecule has 46 valence electrons. The van der Waals surface area contributed by atoms with E-state index in [-0.39, 0.29) is 22.4 Å². The van der Waals surface area contributed by atoms with Gasteiger partial charge in [-0.1, -0.05) is 0 Å². The minimum absolute atomic E-state index is 0. The van der Waals surface area contributed by atoms with E-state index in [0.717, 1.165) is 6.92 Å². The molecule has 3 nitrogen and oxygen atoms in total. The second-order valence-corrected chi connectivity index (χ2v) is 0.891. The van der Waals surface area contributed by atoms with Gasteiger partial charge in [-0.2, -0.15) is 6.10 Å². The van der Waals surface area contributed by atoms with E-state index in [1.165, 1.54) is 0 Å². The number of aliphatic hydroxyl groups is 1. The normalized spacial score (nSPS) is 6.57. The summed E-state index contributed by atoms with van der Waals surface area (Å²) >= 11 is 0. The summed E-state index contributed by atoms with van der Waals surface area (Å²) in [5, 5.41) is 15.7. The van der Waals surface area contributed by atoms with Gasteiger partial charge < -0.3 is 10.2 Å². The van der Waals surface area contributed by atoms with Crippen LogP contribution in [0.3, 0.4) is 0 Å². The minimum Gasteiger partial charge on any atom is -0.534 e. The first-order valence-corrected chi connectivity index (χ1v) is 1.40. The molecule has 0 unspecified atom stereocenters. The molecular formula is C3H5AuO3. The van der Waals surface area contributed by atoms with Gasteiger partial charge in [0.05, 0.1) is 0 Å². The number of aliphatic carboxylic acids is 1. The first-order valence-electron chi connectivity index (χ1n) is 1.40. The monoisotopic (exact) mass is 286 g/mol. The van der Waals surface area contributed by atoms with Crippen LogP contribution in [0.1, 0.15) is 6.92 Å². The molecule has 0 saturated carbocycles. The molecule has 0 aliphatic rings. The fourth-order valence-electron chi connectivity index (χ4n) is 0. The van der Waals surface area contributed by atoms with Gasteiger partial charge in [0.2, 0.25) is 0 Å². The molecule has 0 rings (SSSR count). The van der Waals surface area contributed by atoms with Gasteiger partial charge >= 0.3 is 22.4 Å². The van der Waals surface area contributed by atoms with Crippen LogP contribution in [-0.4, -0.2) is 16.2 Å². The molecule has 0 atom stereocenters. The summed E-state index contributed by atoms with van der Waals surface area (Å²) in [6, 6.07) is 0. The van der Waals surface area contributed by atoms with E-state index in [0.29, 0.717) is 0 Å². The van der Waals surface area contributed by atoms with Crippen molar-refractivity contribution >= 4 is 5.97 Å². The first kappa shape index (κ1) is 10.1. The summed E-state index contributed by atoms with van der Waals surface area (Å²) in [7, 11) is 0. The number of hydrogen-bond donors (Lipinski definition) is 2. The van der Waals surface area contributed by atoms with E-state index in [2.05, 4.69) is 0 Å². The zero-order valence-corrected chi connectivity index (χ0v) is 5.77. The van der Waals surface area contributed by atoms with Crippen LogP contribution in [0.5, 0.6) is 0 Å². The molecule has 0 bridgehead atoms. The zero-order chi connectivity index (χ0) is 5.15. The summed E-state index contributed by atoms with van der Waals surface area (Å²) in [5.41, 5.74) is 0. The van der Waals surface area contributed by atoms with Crippen LogP contribution in [0.4, 0.5) is 0 Å². The third kappa shape index (κ3) is 6.04. The molecule has 0 aliphatic carbocycles. The Morgan fingerprint density at radius 1 is 1.71 bits per heavy atom. The molecule has 0 fully saturated rings. The fraction of sp³-hybridized carbons (Fsp3) is 0.333. The Morgan fingerprint density at radius 3 is 1.86 bits per heavy atom. The molecule has 0 saturated heterocycles. The van der Waals surface area contributed by atoms with Crippen molar-refractivity contribution in [3.63, 3.8) is 0 Å². The second-order valence-electron chi connectivity index (χ2n) is 0.891. The van der Waals surface area contributed by atoms with E-state index in [4.69, 9.17) is 10.2 Å². The van der Waals surface area contributed by atoms with Gasteiger partial charge in [0.1, 0.15) is 0 Å². The Labute approximate surface area is 56.9 Å². The zero-order valence-electron chi connectivity index (χ0n) is 3.60. The minimum atomic E-state index is -1.27. The Kier molecular flexibility index (Phi) is 6.07. The second kappa shape index (κ2) is 4.21. The van der Waals surface area contributed by atoms with Crippen LogP contribution >= 0.6 is 0 Å². The molecule has 2 N–H and O–H groups in total. The largest absolute Gasteiger partial charge is 1.00 e. The third-order valence-corrected chi connectivity index (χ3v) is 0.310. The van der Waals surface area contributed by atoms with Crippen molar-refractivity contribution in [2.45, 2.75) is 6.92 Å². The first-order chi connectivity index (χ1) is 2.64. The van der Waals surface area contributed by atoms with E-state index in [1.54, 1.807) is 0 Å². The van der Waals surface area contributed by atoms with Crippen LogP contribution in [0.25, 0.3) is 0 Å². The van der Waals surface area contributed by atoms with Crippen molar-refractivity contribution in [1.82, 2.24) is 0 Å². The maximum Gasteiger partial charge on any atom is 1.00 e. The Bertz CT molecular complexity index is 61.2. The van der Waals surface area contributed by atoms with Gasteiger partial charge in [-0.25, -0.2) is 0 Å². The molecule has 7 heavy (non-hydrogen) atoms. The summed E-state index contributed by atoms with van der Waals surface area (Å²) in [4.78, 5) is 9.41. The average Bonchev–Trinajstić information content (AvgIpc) is 1.36. The number of aliphatic hydroxyl groups excluding tert-OH is 1. The predicted octanol–water partition coefficient (Wildman–Crippen LogP) is -0.00711. The summed E-state index contributed by atoms with van der Waals surface area (Å²) in [5.74, 6) is -1.27. The molecule has 0 aromatic heterocycles. The van der Waals surface area contributed by atoms with Gasteiger partial charge in [0, 0.05) is 0 Å². The summed E-state index contributed by atoms with van der Waals surface area (Å²) < 4.78 is 0. The number of carboxylic acids is 1. The average molecular weight is 286 g/mol. The van der Waals surface area contributed by atoms with Gasteiger partial charge in [0.15, 0.2) is 5.97 Å². The Morgan fingerprint density at radius 2 is 1.86 bits per heavy atom. The maximum absolute atomic E-state index is 9.41. The molecule has 0 heterocycles. The number of carbonyl (C=O) groups is 1. The van der Waals surface area contributed by atoms with Crippen LogP contribution < -0.4 is 0 Å². The third-order valence-electron chi connectivity index (χ3n) is 0.310. The Hall–Kier alpha value is 0.0403. The smallest absolute Gasteiger partial charge is 0.534 e. The number of carboxylic acid groups (broad SMARTS) is 1. The fourth-order valence-corrected chi connectivity index (χ4v) is 0. The predicted molar refractivity (Wildman–Crippen MR) is 18.5 cm³/mol. The topological polar surface area (TPSA) is 57.5 Å². The van der Waals surface area contributed by atoms with Gasteiger partial charge in [-0.15, -0.1) is 6.92 Å². The molecular weight excluding hydrogens is 281 g/mol.